The summed E-state index contributed by atoms with van der Waals surface area (Å²) in [7, 11) is -2.77. The molecule has 312 valence electrons. The number of ether oxygens (including phenoxy) is 2. The number of halogens is 1. The van der Waals surface area contributed by atoms with Gasteiger partial charge in [0.1, 0.15) is 35.7 Å². The maximum Gasteiger partial charge on any atom is 0.407 e. The van der Waals surface area contributed by atoms with Crippen molar-refractivity contribution in [3.05, 3.63) is 114 Å². The molecule has 1 fully saturated rings. The number of aromatic nitrogens is 5. The summed E-state index contributed by atoms with van der Waals surface area (Å²) in [4.78, 5) is 38.9. The molecule has 2 amide bonds. The first-order chi connectivity index (χ1) is 28.1. The average Bonchev–Trinajstić information content (AvgIpc) is 3.66. The van der Waals surface area contributed by atoms with Crippen molar-refractivity contribution < 1.29 is 27.9 Å². The molecule has 0 bridgehead atoms. The zero-order chi connectivity index (χ0) is 42.2. The van der Waals surface area contributed by atoms with Crippen molar-refractivity contribution in [1.82, 2.24) is 35.4 Å². The van der Waals surface area contributed by atoms with E-state index in [1.165, 1.54) is 6.07 Å². The SMILES string of the molecule is Cc1nc(C(=O)NCc2ccc(F)c(OCCO[Si](c3ccccc3)(c3ccccc3)C(C)(C)C)c2)cc(-c2ncn(CC3CCC(NC(=O)OC(C)(C)C)CC3)n2)n1. The first-order valence-electron chi connectivity index (χ1n) is 20.3. The van der Waals surface area contributed by atoms with Gasteiger partial charge in [0, 0.05) is 19.1 Å². The second kappa shape index (κ2) is 18.6. The maximum absolute atomic E-state index is 15.0. The predicted octanol–water partition coefficient (Wildman–Crippen LogP) is 7.15. The number of hydrogen-bond acceptors (Lipinski definition) is 9. The van der Waals surface area contributed by atoms with Crippen molar-refractivity contribution in [2.24, 2.45) is 5.92 Å². The normalized spacial score (nSPS) is 16.0. The topological polar surface area (TPSA) is 142 Å². The van der Waals surface area contributed by atoms with E-state index in [1.807, 2.05) is 57.2 Å². The van der Waals surface area contributed by atoms with Gasteiger partial charge in [-0.3, -0.25) is 9.48 Å². The van der Waals surface area contributed by atoms with Crippen molar-refractivity contribution >= 4 is 30.7 Å². The Kier molecular flexibility index (Phi) is 13.6. The lowest BCUT2D eigenvalue weighted by atomic mass is 9.86. The van der Waals surface area contributed by atoms with Crippen molar-refractivity contribution in [3.63, 3.8) is 0 Å². The fourth-order valence-corrected chi connectivity index (χ4v) is 12.2. The molecule has 3 aromatic carbocycles. The number of rotatable bonds is 14. The Labute approximate surface area is 347 Å². The van der Waals surface area contributed by atoms with E-state index in [-0.39, 0.29) is 48.4 Å². The largest absolute Gasteiger partial charge is 0.488 e. The first-order valence-corrected chi connectivity index (χ1v) is 22.2. The van der Waals surface area contributed by atoms with Crippen molar-refractivity contribution in [1.29, 1.82) is 0 Å². The van der Waals surface area contributed by atoms with Gasteiger partial charge < -0.3 is 24.5 Å². The molecule has 0 aliphatic heterocycles. The minimum absolute atomic E-state index is 0.0788. The molecule has 2 N–H and O–H groups in total. The Morgan fingerprint density at radius 1 is 0.864 bits per heavy atom. The molecule has 1 aliphatic carbocycles. The van der Waals surface area contributed by atoms with Crippen LogP contribution in [-0.4, -0.2) is 69.9 Å². The van der Waals surface area contributed by atoms with Gasteiger partial charge in [-0.25, -0.2) is 24.1 Å². The summed E-state index contributed by atoms with van der Waals surface area (Å²) in [6.45, 7) is 15.1. The summed E-state index contributed by atoms with van der Waals surface area (Å²) in [6, 6.07) is 26.8. The number of aryl methyl sites for hydroxylation is 1. The zero-order valence-corrected chi connectivity index (χ0v) is 36.1. The highest BCUT2D eigenvalue weighted by Crippen LogP contribution is 2.37. The fourth-order valence-electron chi connectivity index (χ4n) is 7.68. The molecule has 6 rings (SSSR count). The standard InChI is InChI=1S/C45H56FN7O5Si/c1-31-49-38(41-48-30-53(52-41)29-32-18-21-34(22-19-32)51-43(55)58-44(2,3)4)27-39(50-31)42(54)47-28-33-20-23-37(46)40(26-33)56-24-25-57-59(45(5,6)7,35-14-10-8-11-15-35)36-16-12-9-13-17-36/h8-17,20,23,26-27,30,32,34H,18-19,21-22,24-25,28-29H2,1-7H3,(H,47,54)(H,51,55). The van der Waals surface area contributed by atoms with Crippen LogP contribution in [0.2, 0.25) is 5.04 Å². The van der Waals surface area contributed by atoms with Gasteiger partial charge in [0.15, 0.2) is 17.4 Å². The molecule has 1 aliphatic rings. The van der Waals surface area contributed by atoms with Gasteiger partial charge >= 0.3 is 6.09 Å². The number of alkyl carbamates (subject to hydrolysis) is 1. The Bertz CT molecular complexity index is 2140. The third-order valence-corrected chi connectivity index (χ3v) is 15.4. The third-order valence-electron chi connectivity index (χ3n) is 10.4. The highest BCUT2D eigenvalue weighted by Gasteiger charge is 2.50. The van der Waals surface area contributed by atoms with E-state index in [0.717, 1.165) is 36.1 Å². The molecular weight excluding hydrogens is 766 g/mol. The van der Waals surface area contributed by atoms with Crippen LogP contribution in [0.25, 0.3) is 11.5 Å². The predicted molar refractivity (Wildman–Crippen MR) is 228 cm³/mol. The molecule has 2 aromatic heterocycles. The lowest BCUT2D eigenvalue weighted by Gasteiger charge is -2.43. The first kappa shape index (κ1) is 43.1. The molecule has 59 heavy (non-hydrogen) atoms. The van der Waals surface area contributed by atoms with Gasteiger partial charge in [-0.1, -0.05) is 87.5 Å². The zero-order valence-electron chi connectivity index (χ0n) is 35.1. The number of amides is 2. The lowest BCUT2D eigenvalue weighted by molar-refractivity contribution is 0.0485. The van der Waals surface area contributed by atoms with Gasteiger partial charge in [-0.05, 0) is 98.5 Å². The number of benzene rings is 3. The average molecular weight is 822 g/mol. The summed E-state index contributed by atoms with van der Waals surface area (Å²) in [6.07, 6.45) is 4.89. The number of carbonyl (C=O) groups excluding carboxylic acids is 2. The summed E-state index contributed by atoms with van der Waals surface area (Å²) in [5.41, 5.74) is 0.725. The van der Waals surface area contributed by atoms with E-state index in [1.54, 1.807) is 36.1 Å². The molecule has 0 spiro atoms. The summed E-state index contributed by atoms with van der Waals surface area (Å²) in [5, 5.41) is 12.6. The smallest absolute Gasteiger partial charge is 0.407 e. The monoisotopic (exact) mass is 821 g/mol. The number of nitrogens with zero attached hydrogens (tertiary/aromatic N) is 5. The van der Waals surface area contributed by atoms with Crippen molar-refractivity contribution in [2.45, 2.75) is 104 Å². The van der Waals surface area contributed by atoms with E-state index >= 15 is 4.39 Å². The maximum atomic E-state index is 15.0. The van der Waals surface area contributed by atoms with Crippen LogP contribution in [-0.2, 0) is 22.3 Å². The van der Waals surface area contributed by atoms with Crippen LogP contribution >= 0.6 is 0 Å². The summed E-state index contributed by atoms with van der Waals surface area (Å²) < 4.78 is 35.1. The van der Waals surface area contributed by atoms with Crippen LogP contribution in [0.4, 0.5) is 9.18 Å². The Balaban J connectivity index is 1.03. The van der Waals surface area contributed by atoms with Crippen LogP contribution in [0.5, 0.6) is 5.75 Å². The van der Waals surface area contributed by atoms with Crippen LogP contribution in [0.3, 0.4) is 0 Å². The van der Waals surface area contributed by atoms with Crippen LogP contribution in [0, 0.1) is 18.7 Å². The van der Waals surface area contributed by atoms with Crippen LogP contribution in [0.1, 0.15) is 89.1 Å². The Morgan fingerprint density at radius 2 is 1.53 bits per heavy atom. The van der Waals surface area contributed by atoms with E-state index < -0.39 is 25.6 Å². The second-order valence-electron chi connectivity index (χ2n) is 17.1. The Morgan fingerprint density at radius 3 is 2.15 bits per heavy atom. The third kappa shape index (κ3) is 11.2. The molecular formula is C45H56FN7O5Si. The van der Waals surface area contributed by atoms with Crippen molar-refractivity contribution in [3.8, 4) is 17.3 Å². The van der Waals surface area contributed by atoms with Crippen LogP contribution < -0.4 is 25.7 Å². The minimum Gasteiger partial charge on any atom is -0.488 e. The number of carbonyl (C=O) groups is 2. The van der Waals surface area contributed by atoms with Crippen molar-refractivity contribution in [2.75, 3.05) is 13.2 Å². The molecule has 1 saturated carbocycles. The highest BCUT2D eigenvalue weighted by atomic mass is 28.4. The number of nitrogens with one attached hydrogen (secondary N) is 2. The van der Waals surface area contributed by atoms with Crippen LogP contribution in [0.15, 0.2) is 91.3 Å². The molecule has 0 unspecified atom stereocenters. The number of hydrogen-bond donors (Lipinski definition) is 2. The van der Waals surface area contributed by atoms with E-state index in [2.05, 4.69) is 75.7 Å². The fraction of sp³-hybridized carbons (Fsp3) is 0.422. The van der Waals surface area contributed by atoms with E-state index in [9.17, 15) is 9.59 Å². The lowest BCUT2D eigenvalue weighted by Crippen LogP contribution is -2.66. The molecule has 14 heteroatoms. The van der Waals surface area contributed by atoms with Gasteiger partial charge in [-0.15, -0.1) is 5.10 Å². The quantitative estimate of drug-likeness (QED) is 0.0883. The van der Waals surface area contributed by atoms with Gasteiger partial charge in [-0.2, -0.15) is 0 Å². The van der Waals surface area contributed by atoms with Gasteiger partial charge in [0.25, 0.3) is 14.2 Å². The summed E-state index contributed by atoms with van der Waals surface area (Å²) >= 11 is 0. The van der Waals surface area contributed by atoms with Gasteiger partial charge in [0.2, 0.25) is 0 Å². The second-order valence-corrected chi connectivity index (χ2v) is 21.5. The molecule has 12 nitrogen and oxygen atoms in total. The van der Waals surface area contributed by atoms with Gasteiger partial charge in [0.05, 0.1) is 6.61 Å². The molecule has 5 aromatic rings. The van der Waals surface area contributed by atoms with E-state index in [4.69, 9.17) is 13.9 Å². The minimum atomic E-state index is -2.77. The molecule has 0 radical (unpaired) electrons. The Hall–Kier alpha value is -5.47. The molecule has 2 heterocycles. The summed E-state index contributed by atoms with van der Waals surface area (Å²) in [5.74, 6) is 0.334. The molecule has 0 saturated heterocycles. The highest BCUT2D eigenvalue weighted by molar-refractivity contribution is 6.99. The van der Waals surface area contributed by atoms with E-state index in [0.29, 0.717) is 35.4 Å². The molecule has 0 atom stereocenters.